The summed E-state index contributed by atoms with van der Waals surface area (Å²) in [5.41, 5.74) is 2.35. The average molecular weight is 276 g/mol. The predicted molar refractivity (Wildman–Crippen MR) is 72.5 cm³/mol. The Morgan fingerprint density at radius 1 is 1.42 bits per heavy atom. The number of carbonyl (C=O) groups is 1. The van der Waals surface area contributed by atoms with Gasteiger partial charge < -0.3 is 9.67 Å². The zero-order chi connectivity index (χ0) is 13.6. The van der Waals surface area contributed by atoms with Crippen molar-refractivity contribution in [1.82, 2.24) is 14.8 Å². The quantitative estimate of drug-likeness (QED) is 0.755. The van der Waals surface area contributed by atoms with Crippen molar-refractivity contribution < 1.29 is 9.90 Å². The van der Waals surface area contributed by atoms with E-state index in [9.17, 15) is 4.79 Å². The molecule has 0 bridgehead atoms. The van der Waals surface area contributed by atoms with Crippen LogP contribution in [0.3, 0.4) is 0 Å². The van der Waals surface area contributed by atoms with E-state index in [0.29, 0.717) is 10.7 Å². The van der Waals surface area contributed by atoms with E-state index >= 15 is 0 Å². The van der Waals surface area contributed by atoms with Gasteiger partial charge in [0, 0.05) is 18.5 Å². The number of aromatic amines is 1. The van der Waals surface area contributed by atoms with Gasteiger partial charge in [0.1, 0.15) is 11.4 Å². The number of aromatic nitrogens is 3. The molecule has 3 rings (SSSR count). The van der Waals surface area contributed by atoms with Crippen LogP contribution >= 0.6 is 11.6 Å². The van der Waals surface area contributed by atoms with E-state index in [0.717, 1.165) is 16.6 Å². The highest BCUT2D eigenvalue weighted by Crippen LogP contribution is 2.30. The number of fused-ring (bicyclic) bond motifs is 1. The fourth-order valence-corrected chi connectivity index (χ4v) is 2.48. The van der Waals surface area contributed by atoms with Crippen molar-refractivity contribution in [2.45, 2.75) is 0 Å². The van der Waals surface area contributed by atoms with Crippen LogP contribution in [-0.2, 0) is 7.05 Å². The fourth-order valence-electron chi connectivity index (χ4n) is 2.18. The first-order valence-electron chi connectivity index (χ1n) is 5.61. The van der Waals surface area contributed by atoms with E-state index < -0.39 is 5.97 Å². The molecule has 0 unspecified atom stereocenters. The Labute approximate surface area is 113 Å². The molecule has 19 heavy (non-hydrogen) atoms. The maximum Gasteiger partial charge on any atom is 0.353 e. The first-order valence-corrected chi connectivity index (χ1v) is 5.99. The molecule has 0 atom stereocenters. The highest BCUT2D eigenvalue weighted by Gasteiger charge is 2.14. The summed E-state index contributed by atoms with van der Waals surface area (Å²) in [6, 6.07) is 9.09. The number of nitrogens with one attached hydrogen (secondary N) is 1. The van der Waals surface area contributed by atoms with Gasteiger partial charge in [-0.15, -0.1) is 0 Å². The van der Waals surface area contributed by atoms with E-state index in [1.165, 1.54) is 6.07 Å². The van der Waals surface area contributed by atoms with E-state index in [-0.39, 0.29) is 5.69 Å². The molecule has 2 aromatic heterocycles. The van der Waals surface area contributed by atoms with Crippen LogP contribution in [0.5, 0.6) is 0 Å². The summed E-state index contributed by atoms with van der Waals surface area (Å²) >= 11 is 6.18. The summed E-state index contributed by atoms with van der Waals surface area (Å²) in [5, 5.41) is 17.1. The molecule has 0 aliphatic rings. The topological polar surface area (TPSA) is 70.9 Å². The van der Waals surface area contributed by atoms with Gasteiger partial charge in [0.05, 0.1) is 16.2 Å². The molecule has 0 saturated heterocycles. The Morgan fingerprint density at radius 2 is 2.21 bits per heavy atom. The normalized spacial score (nSPS) is 11.1. The molecule has 2 heterocycles. The lowest BCUT2D eigenvalue weighted by Gasteiger charge is -2.02. The highest BCUT2D eigenvalue weighted by molar-refractivity contribution is 6.35. The summed E-state index contributed by atoms with van der Waals surface area (Å²) in [6.45, 7) is 0. The number of hydrogen-bond donors (Lipinski definition) is 2. The lowest BCUT2D eigenvalue weighted by molar-refractivity contribution is 0.0690. The third-order valence-corrected chi connectivity index (χ3v) is 3.38. The molecule has 0 fully saturated rings. The molecule has 2 N–H and O–H groups in total. The molecule has 0 aliphatic carbocycles. The number of halogens is 1. The van der Waals surface area contributed by atoms with Gasteiger partial charge in [-0.1, -0.05) is 23.7 Å². The largest absolute Gasteiger partial charge is 0.477 e. The van der Waals surface area contributed by atoms with Crippen LogP contribution in [0.15, 0.2) is 30.3 Å². The van der Waals surface area contributed by atoms with Crippen molar-refractivity contribution in [3.05, 3.63) is 41.0 Å². The van der Waals surface area contributed by atoms with Crippen LogP contribution in [0, 0.1) is 0 Å². The number of aromatic carboxylic acids is 1. The van der Waals surface area contributed by atoms with Crippen LogP contribution in [0.2, 0.25) is 5.02 Å². The monoisotopic (exact) mass is 275 g/mol. The van der Waals surface area contributed by atoms with Crippen LogP contribution in [0.25, 0.3) is 22.3 Å². The summed E-state index contributed by atoms with van der Waals surface area (Å²) in [7, 11) is 1.87. The van der Waals surface area contributed by atoms with Crippen LogP contribution < -0.4 is 0 Å². The lowest BCUT2D eigenvalue weighted by atomic mass is 10.2. The minimum atomic E-state index is -1.03. The molecule has 3 aromatic rings. The highest BCUT2D eigenvalue weighted by atomic mass is 35.5. The van der Waals surface area contributed by atoms with Crippen LogP contribution in [0.4, 0.5) is 0 Å². The van der Waals surface area contributed by atoms with Crippen molar-refractivity contribution in [3.63, 3.8) is 0 Å². The maximum atomic E-state index is 10.9. The smallest absolute Gasteiger partial charge is 0.353 e. The number of carboxylic acid groups (broad SMARTS) is 1. The summed E-state index contributed by atoms with van der Waals surface area (Å²) in [6.07, 6.45) is 0. The van der Waals surface area contributed by atoms with Gasteiger partial charge in [0.15, 0.2) is 0 Å². The number of para-hydroxylation sites is 1. The minimum absolute atomic E-state index is 0.0614. The lowest BCUT2D eigenvalue weighted by Crippen LogP contribution is -1.95. The van der Waals surface area contributed by atoms with Crippen LogP contribution in [-0.4, -0.2) is 25.8 Å². The second-order valence-electron chi connectivity index (χ2n) is 4.24. The first kappa shape index (κ1) is 11.8. The zero-order valence-corrected chi connectivity index (χ0v) is 10.8. The van der Waals surface area contributed by atoms with E-state index in [1.807, 2.05) is 35.9 Å². The zero-order valence-electron chi connectivity index (χ0n) is 10.0. The standard InChI is InChI=1S/C13H10ClN3O2/c1-17-11(9-6-10(13(18)19)16-15-9)5-7-3-2-4-8(14)12(7)17/h2-6H,1H3,(H,15,16)(H,18,19). The minimum Gasteiger partial charge on any atom is -0.477 e. The van der Waals surface area contributed by atoms with Crippen molar-refractivity contribution in [2.24, 2.45) is 7.05 Å². The van der Waals surface area contributed by atoms with Crippen molar-refractivity contribution >= 4 is 28.5 Å². The van der Waals surface area contributed by atoms with E-state index in [1.54, 1.807) is 0 Å². The Bertz CT molecular complexity index is 788. The molecule has 0 radical (unpaired) electrons. The van der Waals surface area contributed by atoms with Crippen molar-refractivity contribution in [1.29, 1.82) is 0 Å². The van der Waals surface area contributed by atoms with Crippen molar-refractivity contribution in [3.8, 4) is 11.4 Å². The number of hydrogen-bond acceptors (Lipinski definition) is 2. The third-order valence-electron chi connectivity index (χ3n) is 3.08. The van der Waals surface area contributed by atoms with Gasteiger partial charge >= 0.3 is 5.97 Å². The summed E-state index contributed by atoms with van der Waals surface area (Å²) in [4.78, 5) is 10.9. The van der Waals surface area contributed by atoms with Gasteiger partial charge in [0.25, 0.3) is 0 Å². The number of aryl methyl sites for hydroxylation is 1. The molecule has 0 amide bonds. The molecular weight excluding hydrogens is 266 g/mol. The summed E-state index contributed by atoms with van der Waals surface area (Å²) in [5.74, 6) is -1.03. The molecule has 6 heteroatoms. The number of nitrogens with zero attached hydrogens (tertiary/aromatic N) is 2. The van der Waals surface area contributed by atoms with E-state index in [4.69, 9.17) is 16.7 Å². The molecule has 0 saturated carbocycles. The Hall–Kier alpha value is -2.27. The molecule has 0 spiro atoms. The maximum absolute atomic E-state index is 10.9. The molecule has 5 nitrogen and oxygen atoms in total. The average Bonchev–Trinajstić information content (AvgIpc) is 2.95. The SMILES string of the molecule is Cn1c(-c2cc(C(=O)O)[nH]n2)cc2cccc(Cl)c21. The Kier molecular flexibility index (Phi) is 2.57. The molecule has 0 aliphatic heterocycles. The number of carboxylic acids is 1. The first-order chi connectivity index (χ1) is 9.08. The Morgan fingerprint density at radius 3 is 2.84 bits per heavy atom. The number of H-pyrrole nitrogens is 1. The summed E-state index contributed by atoms with van der Waals surface area (Å²) < 4.78 is 1.90. The second-order valence-corrected chi connectivity index (χ2v) is 4.65. The van der Waals surface area contributed by atoms with Crippen LogP contribution in [0.1, 0.15) is 10.5 Å². The number of rotatable bonds is 2. The van der Waals surface area contributed by atoms with E-state index in [2.05, 4.69) is 10.2 Å². The predicted octanol–water partition coefficient (Wildman–Crippen LogP) is 2.92. The third kappa shape index (κ3) is 1.79. The molecular formula is C13H10ClN3O2. The van der Waals surface area contributed by atoms with Gasteiger partial charge in [-0.25, -0.2) is 4.79 Å². The van der Waals surface area contributed by atoms with Gasteiger partial charge in [0.2, 0.25) is 0 Å². The molecule has 96 valence electrons. The second kappa shape index (κ2) is 4.13. The van der Waals surface area contributed by atoms with Gasteiger partial charge in [-0.3, -0.25) is 5.10 Å². The van der Waals surface area contributed by atoms with Gasteiger partial charge in [-0.2, -0.15) is 5.10 Å². The number of benzene rings is 1. The van der Waals surface area contributed by atoms with Crippen molar-refractivity contribution in [2.75, 3.05) is 0 Å². The van der Waals surface area contributed by atoms with Gasteiger partial charge in [-0.05, 0) is 12.1 Å². The molecule has 1 aromatic carbocycles. The Balaban J connectivity index is 2.22. The fraction of sp³-hybridized carbons (Fsp3) is 0.0769.